The van der Waals surface area contributed by atoms with Gasteiger partial charge < -0.3 is 4.90 Å². The number of likely N-dealkylation sites (N-methyl/N-ethyl adjacent to an activating group) is 1. The first-order valence-electron chi connectivity index (χ1n) is 12.8. The number of azo groups is 1. The van der Waals surface area contributed by atoms with Crippen LogP contribution in [0.2, 0.25) is 0 Å². The van der Waals surface area contributed by atoms with Crippen LogP contribution in [0.1, 0.15) is 11.1 Å². The van der Waals surface area contributed by atoms with Crippen LogP contribution in [0.3, 0.4) is 0 Å². The van der Waals surface area contributed by atoms with E-state index in [2.05, 4.69) is 29.2 Å². The first-order chi connectivity index (χ1) is 18.6. The first kappa shape index (κ1) is 21.3. The van der Waals surface area contributed by atoms with E-state index >= 15 is 0 Å². The predicted molar refractivity (Wildman–Crippen MR) is 141 cm³/mol. The molecule has 7 nitrogen and oxygen atoms in total. The van der Waals surface area contributed by atoms with Gasteiger partial charge in [0.1, 0.15) is 17.2 Å². The maximum Gasteiger partial charge on any atom is 0.252 e. The van der Waals surface area contributed by atoms with Gasteiger partial charge in [0.2, 0.25) is 11.6 Å². The number of carbonyl (C=O) groups is 2. The minimum absolute atomic E-state index is 0.231. The molecule has 3 aliphatic heterocycles. The van der Waals surface area contributed by atoms with Crippen molar-refractivity contribution < 1.29 is 14.4 Å². The maximum atomic E-state index is 14.1. The summed E-state index contributed by atoms with van der Waals surface area (Å²) in [4.78, 5) is 33.0. The zero-order valence-corrected chi connectivity index (χ0v) is 20.6. The Morgan fingerprint density at radius 3 is 2.03 bits per heavy atom. The van der Waals surface area contributed by atoms with Gasteiger partial charge in [-0.15, -0.1) is 4.81 Å². The summed E-state index contributed by atoms with van der Waals surface area (Å²) in [5, 5.41) is 5.37. The molecule has 4 aromatic rings. The Hall–Kier alpha value is -4.78. The molecule has 2 fully saturated rings. The number of anilines is 1. The Kier molecular flexibility index (Phi) is 4.02. The van der Waals surface area contributed by atoms with Crippen molar-refractivity contribution in [2.75, 3.05) is 11.9 Å². The van der Waals surface area contributed by atoms with Crippen molar-refractivity contribution >= 4 is 23.2 Å². The summed E-state index contributed by atoms with van der Waals surface area (Å²) in [6.07, 6.45) is 0. The lowest BCUT2D eigenvalue weighted by Gasteiger charge is -2.51. The number of fused-ring (bicyclic) bond motifs is 4. The summed E-state index contributed by atoms with van der Waals surface area (Å²) in [7, 11) is 1.58. The Morgan fingerprint density at radius 1 is 0.737 bits per heavy atom. The van der Waals surface area contributed by atoms with Crippen LogP contribution in [-0.2, 0) is 20.8 Å². The van der Waals surface area contributed by atoms with E-state index in [-0.39, 0.29) is 11.8 Å². The van der Waals surface area contributed by atoms with Crippen molar-refractivity contribution in [3.8, 4) is 11.1 Å². The SMILES string of the molecule is CN1C(=O)[C@@H]2[C@H](C1=O)[C@@]13N=[N+](c4ccccc4)[N-][C@@]1(c1ccccc1-c1ccccc13)N2c1ccccc1. The first-order valence-corrected chi connectivity index (χ1v) is 12.8. The van der Waals surface area contributed by atoms with Gasteiger partial charge in [0.15, 0.2) is 0 Å². The van der Waals surface area contributed by atoms with E-state index in [0.717, 1.165) is 33.6 Å². The molecule has 38 heavy (non-hydrogen) atoms. The molecule has 184 valence electrons. The van der Waals surface area contributed by atoms with Gasteiger partial charge in [0.25, 0.3) is 5.91 Å². The Bertz CT molecular complexity index is 1690. The highest BCUT2D eigenvalue weighted by Crippen LogP contribution is 2.72. The fourth-order valence-electron chi connectivity index (χ4n) is 7.11. The highest BCUT2D eigenvalue weighted by molar-refractivity contribution is 6.11. The second kappa shape index (κ2) is 7.16. The van der Waals surface area contributed by atoms with Crippen molar-refractivity contribution in [3.05, 3.63) is 126 Å². The lowest BCUT2D eigenvalue weighted by molar-refractivity contribution is -0.458. The van der Waals surface area contributed by atoms with Crippen molar-refractivity contribution in [2.45, 2.75) is 17.2 Å². The molecule has 0 spiro atoms. The monoisotopic (exact) mass is 497 g/mol. The smallest absolute Gasteiger partial charge is 0.252 e. The molecule has 0 saturated carbocycles. The van der Waals surface area contributed by atoms with Crippen LogP contribution in [0.5, 0.6) is 0 Å². The zero-order chi connectivity index (χ0) is 25.6. The van der Waals surface area contributed by atoms with Crippen LogP contribution in [0, 0.1) is 5.92 Å². The predicted octanol–water partition coefficient (Wildman–Crippen LogP) is 5.32. The van der Waals surface area contributed by atoms with Gasteiger partial charge in [-0.1, -0.05) is 84.9 Å². The number of carbonyl (C=O) groups excluding carboxylic acids is 2. The molecule has 3 heterocycles. The summed E-state index contributed by atoms with van der Waals surface area (Å²) < 4.78 is 0. The fourth-order valence-corrected chi connectivity index (χ4v) is 7.11. The third kappa shape index (κ3) is 2.26. The number of benzene rings is 4. The summed E-state index contributed by atoms with van der Waals surface area (Å²) >= 11 is 0. The Labute approximate surface area is 219 Å². The lowest BCUT2D eigenvalue weighted by atomic mass is 9.63. The molecule has 0 unspecified atom stereocenters. The molecule has 8 rings (SSSR count). The van der Waals surface area contributed by atoms with Gasteiger partial charge in [0.05, 0.1) is 5.92 Å². The van der Waals surface area contributed by atoms with Crippen LogP contribution < -0.4 is 4.90 Å². The molecule has 4 aromatic carbocycles. The highest BCUT2D eigenvalue weighted by Gasteiger charge is 2.79. The molecule has 0 N–H and O–H groups in total. The van der Waals surface area contributed by atoms with Crippen molar-refractivity contribution in [1.82, 2.24) is 4.90 Å². The summed E-state index contributed by atoms with van der Waals surface area (Å²) in [5.41, 5.74) is 8.59. The number of likely N-dealkylation sites (tertiary alicyclic amines) is 1. The number of hydrogen-bond donors (Lipinski definition) is 0. The molecule has 4 atom stereocenters. The standard InChI is InChI=1S/C31H23N5O2/c1-34-28(37)26-27(29(34)38)35(20-12-4-2-5-13-20)31-25-19-11-9-17-23(25)22-16-8-10-18-24(22)30(26,31)32-36(33-31)21-14-6-3-7-15-21/h2-19,26-27H,1H3/t26-,27+,30-,31+/m1/s1. The van der Waals surface area contributed by atoms with Crippen LogP contribution >= 0.6 is 0 Å². The molecule has 0 radical (unpaired) electrons. The van der Waals surface area contributed by atoms with E-state index < -0.39 is 23.2 Å². The molecule has 7 heteroatoms. The van der Waals surface area contributed by atoms with E-state index in [1.165, 1.54) is 4.90 Å². The van der Waals surface area contributed by atoms with Gasteiger partial charge in [-0.05, 0) is 34.4 Å². The average Bonchev–Trinajstić information content (AvgIpc) is 3.54. The number of nitrogens with zero attached hydrogens (tertiary/aromatic N) is 5. The molecule has 1 aliphatic carbocycles. The van der Waals surface area contributed by atoms with Crippen molar-refractivity contribution in [1.29, 1.82) is 0 Å². The number of para-hydroxylation sites is 2. The van der Waals surface area contributed by atoms with Gasteiger partial charge in [-0.3, -0.25) is 14.5 Å². The Balaban J connectivity index is 1.56. The van der Waals surface area contributed by atoms with Gasteiger partial charge >= 0.3 is 0 Å². The van der Waals surface area contributed by atoms with E-state index in [9.17, 15) is 9.59 Å². The molecule has 0 bridgehead atoms. The largest absolute Gasteiger partial charge is 0.343 e. The summed E-state index contributed by atoms with van der Waals surface area (Å²) in [6, 6.07) is 35.2. The highest BCUT2D eigenvalue weighted by atomic mass is 16.2. The quantitative estimate of drug-likeness (QED) is 0.278. The minimum Gasteiger partial charge on any atom is -0.343 e. The van der Waals surface area contributed by atoms with Gasteiger partial charge in [-0.25, -0.2) is 0 Å². The molecular weight excluding hydrogens is 474 g/mol. The summed E-state index contributed by atoms with van der Waals surface area (Å²) in [6.45, 7) is 0. The zero-order valence-electron chi connectivity index (χ0n) is 20.6. The third-order valence-corrected chi connectivity index (χ3v) is 8.55. The van der Waals surface area contributed by atoms with Gasteiger partial charge in [0, 0.05) is 24.9 Å². The second-order valence-electron chi connectivity index (χ2n) is 10.2. The summed E-state index contributed by atoms with van der Waals surface area (Å²) in [5.74, 6) is -1.22. The van der Waals surface area contributed by atoms with Crippen LogP contribution in [0.15, 0.2) is 114 Å². The number of rotatable bonds is 2. The lowest BCUT2D eigenvalue weighted by Crippen LogP contribution is -2.56. The van der Waals surface area contributed by atoms with Crippen molar-refractivity contribution in [2.24, 2.45) is 11.0 Å². The number of imide groups is 1. The normalized spacial score (nSPS) is 28.2. The van der Waals surface area contributed by atoms with Crippen LogP contribution in [0.25, 0.3) is 16.6 Å². The number of amides is 2. The third-order valence-electron chi connectivity index (χ3n) is 8.55. The number of hydrogen-bond acceptors (Lipinski definition) is 4. The molecule has 2 saturated heterocycles. The fraction of sp³-hybridized carbons (Fsp3) is 0.161. The van der Waals surface area contributed by atoms with Crippen molar-refractivity contribution in [3.63, 3.8) is 0 Å². The minimum atomic E-state index is -1.16. The van der Waals surface area contributed by atoms with E-state index in [4.69, 9.17) is 10.5 Å². The van der Waals surface area contributed by atoms with Crippen LogP contribution in [-0.4, -0.2) is 34.6 Å². The molecule has 4 aliphatic rings. The maximum absolute atomic E-state index is 14.1. The molecule has 0 aromatic heterocycles. The van der Waals surface area contributed by atoms with E-state index in [0.29, 0.717) is 0 Å². The topological polar surface area (TPSA) is 70.1 Å². The molecule has 2 amide bonds. The van der Waals surface area contributed by atoms with Gasteiger partial charge in [-0.2, -0.15) is 10.5 Å². The van der Waals surface area contributed by atoms with Crippen LogP contribution in [0.4, 0.5) is 11.4 Å². The van der Waals surface area contributed by atoms with E-state index in [1.807, 2.05) is 84.9 Å². The van der Waals surface area contributed by atoms with E-state index in [1.54, 1.807) is 11.9 Å². The average molecular weight is 498 g/mol. The second-order valence-corrected chi connectivity index (χ2v) is 10.2. The Morgan fingerprint density at radius 2 is 1.32 bits per heavy atom. The molecular formula is C31H23N5O2.